The molecule has 0 unspecified atom stereocenters. The zero-order valence-electron chi connectivity index (χ0n) is 11.7. The predicted molar refractivity (Wildman–Crippen MR) is 82.5 cm³/mol. The van der Waals surface area contributed by atoms with Gasteiger partial charge in [-0.05, 0) is 25.5 Å². The van der Waals surface area contributed by atoms with E-state index in [9.17, 15) is 13.2 Å². The Morgan fingerprint density at radius 2 is 1.86 bits per heavy atom. The van der Waals surface area contributed by atoms with E-state index in [4.69, 9.17) is 5.73 Å². The molecular formula is C14H16N2O3S2. The Hall–Kier alpha value is -1.70. The van der Waals surface area contributed by atoms with Gasteiger partial charge in [0, 0.05) is 9.75 Å². The smallest absolute Gasteiger partial charge is 0.242 e. The lowest BCUT2D eigenvalue weighted by Crippen LogP contribution is -2.37. The Morgan fingerprint density at radius 1 is 1.24 bits per heavy atom. The number of sulfonamides is 1. The fourth-order valence-corrected chi connectivity index (χ4v) is 4.78. The van der Waals surface area contributed by atoms with Gasteiger partial charge in [-0.1, -0.05) is 30.3 Å². The normalized spacial score (nSPS) is 13.0. The maximum Gasteiger partial charge on any atom is 0.242 e. The summed E-state index contributed by atoms with van der Waals surface area (Å²) < 4.78 is 27.3. The standard InChI is InChI=1S/C14H16N2O3S2/c1-9-8-12(10(2)20-9)21(18,19)16-13(14(15)17)11-6-4-3-5-7-11/h3-8,13,16H,1-2H3,(H2,15,17)/t13-/m0/s1. The summed E-state index contributed by atoms with van der Waals surface area (Å²) in [6.07, 6.45) is 0. The number of hydrogen-bond donors (Lipinski definition) is 2. The summed E-state index contributed by atoms with van der Waals surface area (Å²) >= 11 is 1.39. The lowest BCUT2D eigenvalue weighted by molar-refractivity contribution is -0.119. The van der Waals surface area contributed by atoms with Crippen LogP contribution in [0.2, 0.25) is 0 Å². The molecule has 0 fully saturated rings. The van der Waals surface area contributed by atoms with E-state index in [1.165, 1.54) is 11.3 Å². The van der Waals surface area contributed by atoms with Gasteiger partial charge in [-0.15, -0.1) is 11.3 Å². The van der Waals surface area contributed by atoms with Gasteiger partial charge in [-0.2, -0.15) is 4.72 Å². The van der Waals surface area contributed by atoms with Gasteiger partial charge in [0.2, 0.25) is 15.9 Å². The van der Waals surface area contributed by atoms with Gasteiger partial charge >= 0.3 is 0 Å². The van der Waals surface area contributed by atoms with Gasteiger partial charge in [-0.3, -0.25) is 4.79 Å². The molecule has 0 spiro atoms. The topological polar surface area (TPSA) is 89.3 Å². The summed E-state index contributed by atoms with van der Waals surface area (Å²) in [7, 11) is -3.80. The first kappa shape index (κ1) is 15.7. The molecule has 21 heavy (non-hydrogen) atoms. The zero-order valence-corrected chi connectivity index (χ0v) is 13.3. The number of primary amides is 1. The lowest BCUT2D eigenvalue weighted by Gasteiger charge is -2.16. The van der Waals surface area contributed by atoms with Crippen molar-refractivity contribution in [2.45, 2.75) is 24.8 Å². The largest absolute Gasteiger partial charge is 0.368 e. The third kappa shape index (κ3) is 3.49. The number of amides is 1. The van der Waals surface area contributed by atoms with E-state index >= 15 is 0 Å². The van der Waals surface area contributed by atoms with Crippen molar-refractivity contribution >= 4 is 27.3 Å². The minimum Gasteiger partial charge on any atom is -0.368 e. The molecule has 0 radical (unpaired) electrons. The number of benzene rings is 1. The average molecular weight is 324 g/mol. The van der Waals surface area contributed by atoms with Crippen molar-refractivity contribution in [1.29, 1.82) is 0 Å². The molecule has 0 aliphatic heterocycles. The van der Waals surface area contributed by atoms with Gasteiger partial charge in [0.1, 0.15) is 6.04 Å². The van der Waals surface area contributed by atoms with Crippen molar-refractivity contribution in [3.63, 3.8) is 0 Å². The molecule has 5 nitrogen and oxygen atoms in total. The predicted octanol–water partition coefficient (Wildman–Crippen LogP) is 1.87. The molecule has 0 bridgehead atoms. The van der Waals surface area contributed by atoms with Crippen molar-refractivity contribution in [2.24, 2.45) is 5.73 Å². The van der Waals surface area contributed by atoms with Crippen LogP contribution in [-0.2, 0) is 14.8 Å². The molecule has 2 rings (SSSR count). The molecule has 0 aliphatic rings. The first-order valence-corrected chi connectivity index (χ1v) is 8.55. The Labute approximate surface area is 127 Å². The Morgan fingerprint density at radius 3 is 2.33 bits per heavy atom. The summed E-state index contributed by atoms with van der Waals surface area (Å²) in [6.45, 7) is 3.56. The van der Waals surface area contributed by atoms with Crippen molar-refractivity contribution < 1.29 is 13.2 Å². The van der Waals surface area contributed by atoms with E-state index < -0.39 is 22.0 Å². The first-order chi connectivity index (χ1) is 9.81. The number of nitrogens with one attached hydrogen (secondary N) is 1. The van der Waals surface area contributed by atoms with Crippen molar-refractivity contribution in [3.8, 4) is 0 Å². The third-order valence-electron chi connectivity index (χ3n) is 2.98. The number of rotatable bonds is 5. The lowest BCUT2D eigenvalue weighted by atomic mass is 10.1. The van der Waals surface area contributed by atoms with Crippen LogP contribution in [0, 0.1) is 13.8 Å². The third-order valence-corrected chi connectivity index (χ3v) is 5.62. The number of thiophene rings is 1. The van der Waals surface area contributed by atoms with Crippen molar-refractivity contribution in [2.75, 3.05) is 0 Å². The fraction of sp³-hybridized carbons (Fsp3) is 0.214. The van der Waals surface area contributed by atoms with E-state index in [1.807, 2.05) is 6.92 Å². The molecule has 1 amide bonds. The molecule has 3 N–H and O–H groups in total. The summed E-state index contributed by atoms with van der Waals surface area (Å²) in [5.74, 6) is -0.741. The maximum absolute atomic E-state index is 12.4. The highest BCUT2D eigenvalue weighted by Gasteiger charge is 2.27. The Balaban J connectivity index is 2.37. The van der Waals surface area contributed by atoms with Crippen LogP contribution >= 0.6 is 11.3 Å². The first-order valence-electron chi connectivity index (χ1n) is 6.25. The molecule has 1 heterocycles. The van der Waals surface area contributed by atoms with Crippen LogP contribution < -0.4 is 10.5 Å². The van der Waals surface area contributed by atoms with E-state index in [0.29, 0.717) is 10.4 Å². The maximum atomic E-state index is 12.4. The molecule has 0 saturated heterocycles. The number of hydrogen-bond acceptors (Lipinski definition) is 4. The van der Waals surface area contributed by atoms with Crippen LogP contribution in [-0.4, -0.2) is 14.3 Å². The van der Waals surface area contributed by atoms with E-state index in [0.717, 1.165) is 4.88 Å². The molecule has 1 aromatic heterocycles. The second-order valence-electron chi connectivity index (χ2n) is 4.64. The highest BCUT2D eigenvalue weighted by Crippen LogP contribution is 2.26. The molecule has 0 saturated carbocycles. The molecule has 1 atom stereocenters. The molecule has 2 aromatic rings. The zero-order chi connectivity index (χ0) is 15.6. The van der Waals surface area contributed by atoms with Crippen molar-refractivity contribution in [3.05, 3.63) is 51.7 Å². The van der Waals surface area contributed by atoms with Crippen LogP contribution in [0.1, 0.15) is 21.4 Å². The highest BCUT2D eigenvalue weighted by atomic mass is 32.2. The van der Waals surface area contributed by atoms with Gasteiger partial charge in [0.15, 0.2) is 0 Å². The van der Waals surface area contributed by atoms with E-state index in [2.05, 4.69) is 4.72 Å². The summed E-state index contributed by atoms with van der Waals surface area (Å²) in [4.78, 5) is 13.4. The van der Waals surface area contributed by atoms with E-state index in [1.54, 1.807) is 43.3 Å². The van der Waals surface area contributed by atoms with Gasteiger partial charge < -0.3 is 5.73 Å². The second-order valence-corrected chi connectivity index (χ2v) is 7.79. The molecular weight excluding hydrogens is 308 g/mol. The van der Waals surface area contributed by atoms with Crippen LogP contribution in [0.4, 0.5) is 0 Å². The van der Waals surface area contributed by atoms with E-state index in [-0.39, 0.29) is 4.90 Å². The van der Waals surface area contributed by atoms with Gasteiger partial charge in [0.05, 0.1) is 4.90 Å². The van der Waals surface area contributed by atoms with Crippen molar-refractivity contribution in [1.82, 2.24) is 4.72 Å². The summed E-state index contributed by atoms with van der Waals surface area (Å²) in [5.41, 5.74) is 5.85. The number of carbonyl (C=O) groups excluding carboxylic acids is 1. The second kappa shape index (κ2) is 5.97. The minimum absolute atomic E-state index is 0.187. The Kier molecular flexibility index (Phi) is 4.46. The summed E-state index contributed by atoms with van der Waals surface area (Å²) in [5, 5.41) is 0. The highest BCUT2D eigenvalue weighted by molar-refractivity contribution is 7.89. The van der Waals surface area contributed by atoms with Crippen LogP contribution in [0.25, 0.3) is 0 Å². The van der Waals surface area contributed by atoms with Gasteiger partial charge in [0.25, 0.3) is 0 Å². The fourth-order valence-electron chi connectivity index (χ4n) is 2.03. The van der Waals surface area contributed by atoms with Crippen LogP contribution in [0.5, 0.6) is 0 Å². The molecule has 0 aliphatic carbocycles. The average Bonchev–Trinajstić information content (AvgIpc) is 2.77. The van der Waals surface area contributed by atoms with Crippen LogP contribution in [0.3, 0.4) is 0 Å². The molecule has 112 valence electrons. The van der Waals surface area contributed by atoms with Gasteiger partial charge in [-0.25, -0.2) is 8.42 Å². The Bertz CT molecular complexity index is 752. The number of aryl methyl sites for hydroxylation is 2. The quantitative estimate of drug-likeness (QED) is 0.880. The summed E-state index contributed by atoms with van der Waals surface area (Å²) in [6, 6.07) is 9.04. The molecule has 7 heteroatoms. The number of nitrogens with two attached hydrogens (primary N) is 1. The number of carbonyl (C=O) groups is 1. The van der Waals surface area contributed by atoms with Crippen LogP contribution in [0.15, 0.2) is 41.3 Å². The molecule has 1 aromatic carbocycles. The monoisotopic (exact) mass is 324 g/mol. The SMILES string of the molecule is Cc1cc(S(=O)(=O)N[C@H](C(N)=O)c2ccccc2)c(C)s1. The minimum atomic E-state index is -3.80.